The highest BCUT2D eigenvalue weighted by molar-refractivity contribution is 5.90. The maximum absolute atomic E-state index is 10.6. The van der Waals surface area contributed by atoms with Gasteiger partial charge < -0.3 is 0 Å². The van der Waals surface area contributed by atoms with E-state index < -0.39 is 0 Å². The van der Waals surface area contributed by atoms with Gasteiger partial charge in [-0.05, 0) is 29.7 Å². The molecule has 15 heavy (non-hydrogen) atoms. The molecule has 1 heteroatoms. The van der Waals surface area contributed by atoms with E-state index in [-0.39, 0.29) is 0 Å². The molecule has 0 saturated carbocycles. The number of carbonyl (C=O) groups is 1. The number of hydrogen-bond acceptors (Lipinski definition) is 1. The second-order valence-corrected chi connectivity index (χ2v) is 3.11. The van der Waals surface area contributed by atoms with E-state index in [1.54, 1.807) is 0 Å². The summed E-state index contributed by atoms with van der Waals surface area (Å²) in [5, 5.41) is 0. The third-order valence-electron chi connectivity index (χ3n) is 2.03. The second-order valence-electron chi connectivity index (χ2n) is 3.11. The van der Waals surface area contributed by atoms with Crippen molar-refractivity contribution in [3.63, 3.8) is 0 Å². The van der Waals surface area contributed by atoms with Crippen LogP contribution in [0.5, 0.6) is 0 Å². The Hall–Kier alpha value is -1.89. The predicted octanol–water partition coefficient (Wildman–Crippen LogP) is 3.40. The van der Waals surface area contributed by atoms with Crippen molar-refractivity contribution >= 4 is 11.9 Å². The summed E-state index contributed by atoms with van der Waals surface area (Å²) in [6.45, 7) is 5.85. The van der Waals surface area contributed by atoms with Gasteiger partial charge in [-0.3, -0.25) is 4.79 Å². The van der Waals surface area contributed by atoms with Crippen LogP contribution in [-0.2, 0) is 4.79 Å². The molecule has 0 unspecified atom stereocenters. The zero-order valence-corrected chi connectivity index (χ0v) is 8.81. The summed E-state index contributed by atoms with van der Waals surface area (Å²) in [6, 6.07) is 9.75. The van der Waals surface area contributed by atoms with Crippen LogP contribution in [0.15, 0.2) is 60.7 Å². The van der Waals surface area contributed by atoms with Crippen molar-refractivity contribution in [3.8, 4) is 0 Å². The van der Waals surface area contributed by atoms with Crippen molar-refractivity contribution < 1.29 is 4.79 Å². The topological polar surface area (TPSA) is 17.1 Å². The van der Waals surface area contributed by atoms with Gasteiger partial charge in [0.2, 0.25) is 0 Å². The quantitative estimate of drug-likeness (QED) is 0.411. The van der Waals surface area contributed by atoms with Gasteiger partial charge in [0.05, 0.1) is 0 Å². The molecule has 76 valence electrons. The lowest BCUT2D eigenvalue weighted by atomic mass is 9.98. The molecule has 1 aromatic rings. The minimum absolute atomic E-state index is 0.789. The predicted molar refractivity (Wildman–Crippen MR) is 64.4 cm³/mol. The number of benzene rings is 1. The molecule has 0 bridgehead atoms. The van der Waals surface area contributed by atoms with E-state index in [1.807, 2.05) is 49.4 Å². The van der Waals surface area contributed by atoms with E-state index in [9.17, 15) is 4.79 Å². The summed E-state index contributed by atoms with van der Waals surface area (Å²) in [7, 11) is 0. The van der Waals surface area contributed by atoms with Crippen LogP contribution in [0.1, 0.15) is 12.5 Å². The molecular formula is C14H14O. The smallest absolute Gasteiger partial charge is 0.143 e. The first-order chi connectivity index (χ1) is 7.29. The largest absolute Gasteiger partial charge is 0.299 e. The van der Waals surface area contributed by atoms with Crippen molar-refractivity contribution in [2.45, 2.75) is 6.92 Å². The monoisotopic (exact) mass is 198 g/mol. The van der Waals surface area contributed by atoms with Crippen LogP contribution >= 0.6 is 0 Å². The van der Waals surface area contributed by atoms with Gasteiger partial charge in [0.15, 0.2) is 0 Å². The molecule has 0 N–H and O–H groups in total. The van der Waals surface area contributed by atoms with E-state index in [2.05, 4.69) is 6.58 Å². The Bertz CT molecular complexity index is 397. The summed E-state index contributed by atoms with van der Waals surface area (Å²) in [4.78, 5) is 10.6. The summed E-state index contributed by atoms with van der Waals surface area (Å²) in [5.74, 6) is 0. The molecule has 0 amide bonds. The Morgan fingerprint density at radius 3 is 2.47 bits per heavy atom. The standard InChI is InChI=1S/C14H14O/c1-3-7-12(2)14(10-11-15)13-8-5-4-6-9-13/h3-11H,2H2,1H3/b7-3-,14-10-. The van der Waals surface area contributed by atoms with E-state index >= 15 is 0 Å². The third-order valence-corrected chi connectivity index (χ3v) is 2.03. The number of rotatable bonds is 4. The summed E-state index contributed by atoms with van der Waals surface area (Å²) in [6.07, 6.45) is 6.13. The number of aldehydes is 1. The van der Waals surface area contributed by atoms with Gasteiger partial charge in [-0.15, -0.1) is 0 Å². The van der Waals surface area contributed by atoms with Crippen LogP contribution in [0, 0.1) is 0 Å². The van der Waals surface area contributed by atoms with Gasteiger partial charge in [0.25, 0.3) is 0 Å². The van der Waals surface area contributed by atoms with Crippen LogP contribution in [0.2, 0.25) is 0 Å². The van der Waals surface area contributed by atoms with Crippen LogP contribution in [-0.4, -0.2) is 6.29 Å². The summed E-state index contributed by atoms with van der Waals surface area (Å²) in [5.41, 5.74) is 2.72. The van der Waals surface area contributed by atoms with E-state index in [0.29, 0.717) is 0 Å². The highest BCUT2D eigenvalue weighted by atomic mass is 16.1. The Morgan fingerprint density at radius 1 is 1.27 bits per heavy atom. The highest BCUT2D eigenvalue weighted by Gasteiger charge is 2.01. The average Bonchev–Trinajstić information content (AvgIpc) is 2.27. The fourth-order valence-electron chi connectivity index (χ4n) is 1.37. The second kappa shape index (κ2) is 5.76. The minimum Gasteiger partial charge on any atom is -0.299 e. The zero-order chi connectivity index (χ0) is 11.1. The first-order valence-electron chi connectivity index (χ1n) is 4.82. The minimum atomic E-state index is 0.789. The molecule has 0 aliphatic heterocycles. The maximum atomic E-state index is 10.6. The van der Waals surface area contributed by atoms with Crippen molar-refractivity contribution in [3.05, 3.63) is 66.3 Å². The van der Waals surface area contributed by atoms with Gasteiger partial charge in [0, 0.05) is 0 Å². The fourth-order valence-corrected chi connectivity index (χ4v) is 1.37. The van der Waals surface area contributed by atoms with Gasteiger partial charge in [0.1, 0.15) is 6.29 Å². The lowest BCUT2D eigenvalue weighted by Crippen LogP contribution is -1.86. The Kier molecular flexibility index (Phi) is 4.30. The molecule has 0 aliphatic carbocycles. The van der Waals surface area contributed by atoms with Crippen LogP contribution in [0.25, 0.3) is 5.57 Å². The SMILES string of the molecule is C=C(/C=C\C)/C(=C/C=O)c1ccccc1. The molecular weight excluding hydrogens is 184 g/mol. The first-order valence-corrected chi connectivity index (χ1v) is 4.82. The third kappa shape index (κ3) is 3.06. The summed E-state index contributed by atoms with van der Waals surface area (Å²) >= 11 is 0. The fraction of sp³-hybridized carbons (Fsp3) is 0.0714. The van der Waals surface area contributed by atoms with Crippen molar-refractivity contribution in [2.75, 3.05) is 0 Å². The molecule has 0 atom stereocenters. The first kappa shape index (κ1) is 11.2. The normalized spacial score (nSPS) is 11.7. The van der Waals surface area contributed by atoms with Gasteiger partial charge in [-0.25, -0.2) is 0 Å². The van der Waals surface area contributed by atoms with E-state index in [1.165, 1.54) is 6.08 Å². The highest BCUT2D eigenvalue weighted by Crippen LogP contribution is 2.21. The van der Waals surface area contributed by atoms with Crippen molar-refractivity contribution in [1.82, 2.24) is 0 Å². The molecule has 0 saturated heterocycles. The van der Waals surface area contributed by atoms with Crippen molar-refractivity contribution in [2.24, 2.45) is 0 Å². The molecule has 0 spiro atoms. The zero-order valence-electron chi connectivity index (χ0n) is 8.81. The van der Waals surface area contributed by atoms with Crippen molar-refractivity contribution in [1.29, 1.82) is 0 Å². The van der Waals surface area contributed by atoms with Gasteiger partial charge in [-0.1, -0.05) is 49.1 Å². The Morgan fingerprint density at radius 2 is 1.93 bits per heavy atom. The Balaban J connectivity index is 3.10. The van der Waals surface area contributed by atoms with Crippen LogP contribution in [0.4, 0.5) is 0 Å². The Labute approximate surface area is 90.4 Å². The number of allylic oxidation sites excluding steroid dienone is 5. The summed E-state index contributed by atoms with van der Waals surface area (Å²) < 4.78 is 0. The number of hydrogen-bond donors (Lipinski definition) is 0. The lowest BCUT2D eigenvalue weighted by Gasteiger charge is -2.06. The molecule has 0 fully saturated rings. The molecule has 1 rings (SSSR count). The van der Waals surface area contributed by atoms with E-state index in [4.69, 9.17) is 0 Å². The number of carbonyl (C=O) groups excluding carboxylic acids is 1. The van der Waals surface area contributed by atoms with Crippen LogP contribution < -0.4 is 0 Å². The lowest BCUT2D eigenvalue weighted by molar-refractivity contribution is -0.104. The molecule has 1 aromatic carbocycles. The average molecular weight is 198 g/mol. The van der Waals surface area contributed by atoms with Gasteiger partial charge in [-0.2, -0.15) is 0 Å². The van der Waals surface area contributed by atoms with Crippen LogP contribution in [0.3, 0.4) is 0 Å². The molecule has 1 nitrogen and oxygen atoms in total. The molecule has 0 radical (unpaired) electrons. The van der Waals surface area contributed by atoms with Gasteiger partial charge >= 0.3 is 0 Å². The molecule has 0 aromatic heterocycles. The molecule has 0 heterocycles. The maximum Gasteiger partial charge on any atom is 0.143 e. The molecule has 0 aliphatic rings. The van der Waals surface area contributed by atoms with E-state index in [0.717, 1.165) is 23.0 Å².